The predicted octanol–water partition coefficient (Wildman–Crippen LogP) is 2.30. The van der Waals surface area contributed by atoms with E-state index in [4.69, 9.17) is 5.73 Å². The average Bonchev–Trinajstić information content (AvgIpc) is 2.90. The van der Waals surface area contributed by atoms with E-state index in [0.717, 1.165) is 11.4 Å². The van der Waals surface area contributed by atoms with Gasteiger partial charge in [0.2, 0.25) is 0 Å². The number of aryl methyl sites for hydroxylation is 1. The lowest BCUT2D eigenvalue weighted by Gasteiger charge is -2.04. The van der Waals surface area contributed by atoms with Gasteiger partial charge in [0, 0.05) is 18.5 Å². The van der Waals surface area contributed by atoms with Gasteiger partial charge in [-0.05, 0) is 18.9 Å². The van der Waals surface area contributed by atoms with Gasteiger partial charge in [-0.1, -0.05) is 29.8 Å². The second kappa shape index (κ2) is 7.99. The lowest BCUT2D eigenvalue weighted by atomic mass is 10.1. The first-order valence-electron chi connectivity index (χ1n) is 6.17. The standard InChI is InChI=1S/C14H17N3OS.ClH/c1-10-2-4-11(5-3-10)6-7-16-14(18)12-9-19-13(8-15)17-12;/h2-5,9H,6-8,15H2,1H3,(H,16,18);1H. The zero-order valence-electron chi connectivity index (χ0n) is 11.3. The SMILES string of the molecule is Cc1ccc(CCNC(=O)c2csc(CN)n2)cc1.Cl. The van der Waals surface area contributed by atoms with Gasteiger partial charge in [-0.25, -0.2) is 4.98 Å². The summed E-state index contributed by atoms with van der Waals surface area (Å²) in [5.74, 6) is -0.136. The summed E-state index contributed by atoms with van der Waals surface area (Å²) in [5.41, 5.74) is 8.38. The summed E-state index contributed by atoms with van der Waals surface area (Å²) in [4.78, 5) is 16.0. The second-order valence-electron chi connectivity index (χ2n) is 4.32. The van der Waals surface area contributed by atoms with E-state index in [1.807, 2.05) is 0 Å². The summed E-state index contributed by atoms with van der Waals surface area (Å²) in [6.45, 7) is 3.04. The molecule has 0 spiro atoms. The van der Waals surface area contributed by atoms with E-state index in [-0.39, 0.29) is 18.3 Å². The Morgan fingerprint density at radius 3 is 2.65 bits per heavy atom. The van der Waals surface area contributed by atoms with Crippen molar-refractivity contribution < 1.29 is 4.79 Å². The summed E-state index contributed by atoms with van der Waals surface area (Å²) in [6, 6.07) is 8.31. The van der Waals surface area contributed by atoms with Gasteiger partial charge in [-0.2, -0.15) is 0 Å². The molecule has 1 amide bonds. The monoisotopic (exact) mass is 311 g/mol. The van der Waals surface area contributed by atoms with Crippen LogP contribution in [0.5, 0.6) is 0 Å². The first-order valence-corrected chi connectivity index (χ1v) is 7.05. The van der Waals surface area contributed by atoms with Gasteiger partial charge >= 0.3 is 0 Å². The van der Waals surface area contributed by atoms with E-state index in [1.165, 1.54) is 22.5 Å². The number of nitrogens with zero attached hydrogens (tertiary/aromatic N) is 1. The molecule has 2 aromatic rings. The number of hydrogen-bond donors (Lipinski definition) is 2. The van der Waals surface area contributed by atoms with Gasteiger partial charge in [-0.15, -0.1) is 23.7 Å². The molecule has 0 aliphatic carbocycles. The van der Waals surface area contributed by atoms with Gasteiger partial charge in [0.15, 0.2) is 0 Å². The summed E-state index contributed by atoms with van der Waals surface area (Å²) < 4.78 is 0. The van der Waals surface area contributed by atoms with Crippen LogP contribution in [0.2, 0.25) is 0 Å². The van der Waals surface area contributed by atoms with Crippen molar-refractivity contribution in [2.75, 3.05) is 6.54 Å². The molecule has 0 unspecified atom stereocenters. The maximum absolute atomic E-state index is 11.8. The van der Waals surface area contributed by atoms with Gasteiger partial charge in [0.1, 0.15) is 10.7 Å². The third-order valence-electron chi connectivity index (χ3n) is 2.78. The molecule has 0 radical (unpaired) electrons. The van der Waals surface area contributed by atoms with Crippen molar-refractivity contribution in [2.45, 2.75) is 19.9 Å². The Morgan fingerprint density at radius 2 is 2.05 bits per heavy atom. The number of thiazole rings is 1. The van der Waals surface area contributed by atoms with E-state index in [2.05, 4.69) is 41.5 Å². The van der Waals surface area contributed by atoms with Crippen molar-refractivity contribution in [3.63, 3.8) is 0 Å². The van der Waals surface area contributed by atoms with Crippen LogP contribution in [0.3, 0.4) is 0 Å². The zero-order valence-corrected chi connectivity index (χ0v) is 12.9. The number of aromatic nitrogens is 1. The number of nitrogens with one attached hydrogen (secondary N) is 1. The fourth-order valence-electron chi connectivity index (χ4n) is 1.67. The molecule has 0 atom stereocenters. The Labute approximate surface area is 128 Å². The minimum atomic E-state index is -0.136. The Morgan fingerprint density at radius 1 is 1.35 bits per heavy atom. The molecule has 108 valence electrons. The van der Waals surface area contributed by atoms with Crippen LogP contribution in [0.1, 0.15) is 26.6 Å². The Hall–Kier alpha value is -1.43. The fraction of sp³-hybridized carbons (Fsp3) is 0.286. The molecule has 1 aromatic heterocycles. The molecule has 1 aromatic carbocycles. The van der Waals surface area contributed by atoms with Crippen LogP contribution in [-0.2, 0) is 13.0 Å². The highest BCUT2D eigenvalue weighted by Gasteiger charge is 2.09. The lowest BCUT2D eigenvalue weighted by molar-refractivity contribution is 0.0949. The predicted molar refractivity (Wildman–Crippen MR) is 84.5 cm³/mol. The highest BCUT2D eigenvalue weighted by atomic mass is 35.5. The molecule has 20 heavy (non-hydrogen) atoms. The fourth-order valence-corrected chi connectivity index (χ4v) is 2.33. The van der Waals surface area contributed by atoms with Gasteiger partial charge in [0.25, 0.3) is 5.91 Å². The molecule has 3 N–H and O–H groups in total. The van der Waals surface area contributed by atoms with Crippen LogP contribution >= 0.6 is 23.7 Å². The smallest absolute Gasteiger partial charge is 0.270 e. The third kappa shape index (κ3) is 4.59. The highest BCUT2D eigenvalue weighted by Crippen LogP contribution is 2.08. The Balaban J connectivity index is 0.00000200. The quantitative estimate of drug-likeness (QED) is 0.890. The van der Waals surface area contributed by atoms with Crippen LogP contribution in [0.25, 0.3) is 0 Å². The van der Waals surface area contributed by atoms with E-state index >= 15 is 0 Å². The summed E-state index contributed by atoms with van der Waals surface area (Å²) in [6.07, 6.45) is 0.819. The van der Waals surface area contributed by atoms with Crippen molar-refractivity contribution in [2.24, 2.45) is 5.73 Å². The molecule has 1 heterocycles. The molecule has 0 fully saturated rings. The third-order valence-corrected chi connectivity index (χ3v) is 3.65. The Kier molecular flexibility index (Phi) is 6.64. The van der Waals surface area contributed by atoms with Crippen LogP contribution in [-0.4, -0.2) is 17.4 Å². The van der Waals surface area contributed by atoms with Crippen molar-refractivity contribution in [3.05, 3.63) is 51.5 Å². The maximum Gasteiger partial charge on any atom is 0.270 e. The molecule has 0 aliphatic rings. The molecule has 2 rings (SSSR count). The van der Waals surface area contributed by atoms with Gasteiger partial charge in [-0.3, -0.25) is 4.79 Å². The topological polar surface area (TPSA) is 68.0 Å². The normalized spacial score (nSPS) is 9.90. The van der Waals surface area contributed by atoms with Crippen LogP contribution in [0.15, 0.2) is 29.6 Å². The number of nitrogens with two attached hydrogens (primary N) is 1. The zero-order chi connectivity index (χ0) is 13.7. The van der Waals surface area contributed by atoms with E-state index < -0.39 is 0 Å². The van der Waals surface area contributed by atoms with E-state index in [0.29, 0.717) is 18.8 Å². The molecular weight excluding hydrogens is 294 g/mol. The van der Waals surface area contributed by atoms with Crippen LogP contribution < -0.4 is 11.1 Å². The average molecular weight is 312 g/mol. The number of halogens is 1. The van der Waals surface area contributed by atoms with Crippen LogP contribution in [0, 0.1) is 6.92 Å². The molecule has 0 aliphatic heterocycles. The number of rotatable bonds is 5. The summed E-state index contributed by atoms with van der Waals surface area (Å²) in [7, 11) is 0. The molecule has 4 nitrogen and oxygen atoms in total. The number of carbonyl (C=O) groups excluding carboxylic acids is 1. The Bertz CT molecular complexity index is 554. The van der Waals surface area contributed by atoms with Crippen molar-refractivity contribution in [3.8, 4) is 0 Å². The largest absolute Gasteiger partial charge is 0.350 e. The molecule has 6 heteroatoms. The van der Waals surface area contributed by atoms with E-state index in [1.54, 1.807) is 5.38 Å². The molecule has 0 saturated heterocycles. The molecule has 0 bridgehead atoms. The van der Waals surface area contributed by atoms with E-state index in [9.17, 15) is 4.79 Å². The van der Waals surface area contributed by atoms with Crippen molar-refractivity contribution in [1.29, 1.82) is 0 Å². The lowest BCUT2D eigenvalue weighted by Crippen LogP contribution is -2.26. The minimum Gasteiger partial charge on any atom is -0.350 e. The number of hydrogen-bond acceptors (Lipinski definition) is 4. The summed E-state index contributed by atoms with van der Waals surface area (Å²) >= 11 is 1.41. The van der Waals surface area contributed by atoms with Gasteiger partial charge < -0.3 is 11.1 Å². The van der Waals surface area contributed by atoms with Gasteiger partial charge in [0.05, 0.1) is 0 Å². The first-order chi connectivity index (χ1) is 9.19. The highest BCUT2D eigenvalue weighted by molar-refractivity contribution is 7.09. The number of amides is 1. The summed E-state index contributed by atoms with van der Waals surface area (Å²) in [5, 5.41) is 5.38. The molecular formula is C14H18ClN3OS. The van der Waals surface area contributed by atoms with Crippen molar-refractivity contribution >= 4 is 29.7 Å². The maximum atomic E-state index is 11.8. The number of benzene rings is 1. The minimum absolute atomic E-state index is 0. The number of carbonyl (C=O) groups is 1. The second-order valence-corrected chi connectivity index (χ2v) is 5.26. The van der Waals surface area contributed by atoms with Crippen LogP contribution in [0.4, 0.5) is 0 Å². The molecule has 0 saturated carbocycles. The first kappa shape index (κ1) is 16.6. The van der Waals surface area contributed by atoms with Crippen molar-refractivity contribution in [1.82, 2.24) is 10.3 Å².